The molecule has 0 saturated carbocycles. The van der Waals surface area contributed by atoms with Crippen LogP contribution < -0.4 is 5.32 Å². The Morgan fingerprint density at radius 3 is 2.62 bits per heavy atom. The number of esters is 1. The number of hydrogen-bond donors (Lipinski definition) is 2. The summed E-state index contributed by atoms with van der Waals surface area (Å²) in [7, 11) is 1.38. The number of carbonyl (C=O) groups is 2. The van der Waals surface area contributed by atoms with Gasteiger partial charge in [-0.1, -0.05) is 36.4 Å². The van der Waals surface area contributed by atoms with Crippen molar-refractivity contribution in [2.75, 3.05) is 12.4 Å². The van der Waals surface area contributed by atoms with Gasteiger partial charge in [-0.25, -0.2) is 9.59 Å². The number of para-hydroxylation sites is 1. The second-order valence-corrected chi connectivity index (χ2v) is 6.66. The highest BCUT2D eigenvalue weighted by Crippen LogP contribution is 2.50. The molecule has 5 nitrogen and oxygen atoms in total. The lowest BCUT2D eigenvalue weighted by Gasteiger charge is -2.38. The third-order valence-corrected chi connectivity index (χ3v) is 5.32. The predicted molar refractivity (Wildman–Crippen MR) is 97.5 cm³/mol. The summed E-state index contributed by atoms with van der Waals surface area (Å²) in [5.74, 6) is -0.757. The Labute approximate surface area is 151 Å². The maximum absolute atomic E-state index is 12.2. The molecule has 132 valence electrons. The minimum atomic E-state index is -0.938. The molecule has 0 amide bonds. The number of carboxylic acid groups (broad SMARTS) is 1. The number of hydrogen-bond acceptors (Lipinski definition) is 4. The Balaban J connectivity index is 1.78. The summed E-state index contributed by atoms with van der Waals surface area (Å²) in [5, 5.41) is 12.6. The standard InChI is InChI=1S/C21H19NO4/c1-26-21(25)17-7-3-6-16-14-4-2-5-15(14)18(22-19(16)17)12-8-10-13(11-9-12)20(23)24/h2-4,6-11,14-15,18,22H,5H2,1H3,(H,23,24)/t14-,15+,18-/m0/s1. The highest BCUT2D eigenvalue weighted by Gasteiger charge is 2.39. The predicted octanol–water partition coefficient (Wildman–Crippen LogP) is 4.00. The van der Waals surface area contributed by atoms with E-state index in [0.29, 0.717) is 11.5 Å². The van der Waals surface area contributed by atoms with Gasteiger partial charge in [0.25, 0.3) is 0 Å². The van der Waals surface area contributed by atoms with Crippen LogP contribution in [-0.2, 0) is 4.74 Å². The molecule has 2 aromatic rings. The molecule has 5 heteroatoms. The normalized spacial score (nSPS) is 22.9. The second kappa shape index (κ2) is 6.33. The van der Waals surface area contributed by atoms with Crippen molar-refractivity contribution in [3.63, 3.8) is 0 Å². The molecule has 0 bridgehead atoms. The van der Waals surface area contributed by atoms with E-state index in [1.54, 1.807) is 18.2 Å². The molecule has 2 N–H and O–H groups in total. The van der Waals surface area contributed by atoms with Gasteiger partial charge in [-0.15, -0.1) is 0 Å². The number of aromatic carboxylic acids is 1. The number of carbonyl (C=O) groups excluding carboxylic acids is 1. The molecule has 0 spiro atoms. The zero-order valence-electron chi connectivity index (χ0n) is 14.3. The largest absolute Gasteiger partial charge is 0.478 e. The number of anilines is 1. The maximum Gasteiger partial charge on any atom is 0.339 e. The van der Waals surface area contributed by atoms with Crippen LogP contribution in [-0.4, -0.2) is 24.2 Å². The molecule has 0 aromatic heterocycles. The molecule has 2 aromatic carbocycles. The molecule has 4 rings (SSSR count). The maximum atomic E-state index is 12.2. The fraction of sp³-hybridized carbons (Fsp3) is 0.238. The summed E-state index contributed by atoms with van der Waals surface area (Å²) in [6.07, 6.45) is 5.31. The Morgan fingerprint density at radius 2 is 1.92 bits per heavy atom. The van der Waals surface area contributed by atoms with Crippen molar-refractivity contribution >= 4 is 17.6 Å². The first-order chi connectivity index (χ1) is 12.6. The Morgan fingerprint density at radius 1 is 1.15 bits per heavy atom. The average Bonchev–Trinajstić information content (AvgIpc) is 3.16. The Kier molecular flexibility index (Phi) is 3.99. The van der Waals surface area contributed by atoms with Gasteiger partial charge in [0, 0.05) is 5.92 Å². The number of nitrogens with one attached hydrogen (secondary N) is 1. The van der Waals surface area contributed by atoms with Gasteiger partial charge in [0.1, 0.15) is 0 Å². The molecule has 1 heterocycles. The molecule has 0 radical (unpaired) electrons. The van der Waals surface area contributed by atoms with Gasteiger partial charge in [-0.05, 0) is 41.7 Å². The summed E-state index contributed by atoms with van der Waals surface area (Å²) in [6, 6.07) is 12.6. The second-order valence-electron chi connectivity index (χ2n) is 6.66. The van der Waals surface area contributed by atoms with Gasteiger partial charge in [0.15, 0.2) is 0 Å². The highest BCUT2D eigenvalue weighted by atomic mass is 16.5. The lowest BCUT2D eigenvalue weighted by Crippen LogP contribution is -2.30. The van der Waals surface area contributed by atoms with Crippen LogP contribution in [0.4, 0.5) is 5.69 Å². The molecular formula is C21H19NO4. The van der Waals surface area contributed by atoms with Gasteiger partial charge >= 0.3 is 11.9 Å². The van der Waals surface area contributed by atoms with Gasteiger partial charge in [0.2, 0.25) is 0 Å². The van der Waals surface area contributed by atoms with E-state index < -0.39 is 5.97 Å². The number of methoxy groups -OCH3 is 1. The van der Waals surface area contributed by atoms with Crippen molar-refractivity contribution in [1.29, 1.82) is 0 Å². The topological polar surface area (TPSA) is 75.6 Å². The van der Waals surface area contributed by atoms with E-state index in [1.165, 1.54) is 7.11 Å². The summed E-state index contributed by atoms with van der Waals surface area (Å²) < 4.78 is 4.93. The SMILES string of the molecule is COC(=O)c1cccc2c1N[C@@H](c1ccc(C(=O)O)cc1)[C@@H]1CC=C[C@H]21. The first kappa shape index (κ1) is 16.4. The molecule has 1 aliphatic heterocycles. The number of benzene rings is 2. The van der Waals surface area contributed by atoms with Crippen molar-refractivity contribution in [2.45, 2.75) is 18.4 Å². The highest BCUT2D eigenvalue weighted by molar-refractivity contribution is 5.97. The van der Waals surface area contributed by atoms with E-state index in [-0.39, 0.29) is 23.5 Å². The van der Waals surface area contributed by atoms with E-state index in [1.807, 2.05) is 24.3 Å². The number of allylic oxidation sites excluding steroid dienone is 2. The molecule has 0 fully saturated rings. The number of ether oxygens (including phenoxy) is 1. The van der Waals surface area contributed by atoms with Crippen LogP contribution >= 0.6 is 0 Å². The molecule has 0 unspecified atom stereocenters. The van der Waals surface area contributed by atoms with Crippen molar-refractivity contribution < 1.29 is 19.4 Å². The zero-order chi connectivity index (χ0) is 18.3. The smallest absolute Gasteiger partial charge is 0.339 e. The molecule has 0 saturated heterocycles. The first-order valence-electron chi connectivity index (χ1n) is 8.58. The van der Waals surface area contributed by atoms with Crippen LogP contribution in [0.25, 0.3) is 0 Å². The summed E-state index contributed by atoms with van der Waals surface area (Å²) in [4.78, 5) is 23.3. The van der Waals surface area contributed by atoms with Crippen LogP contribution in [0, 0.1) is 5.92 Å². The zero-order valence-corrected chi connectivity index (χ0v) is 14.3. The Hall–Kier alpha value is -3.08. The number of carboxylic acids is 1. The van der Waals surface area contributed by atoms with Crippen molar-refractivity contribution in [3.8, 4) is 0 Å². The molecular weight excluding hydrogens is 330 g/mol. The third kappa shape index (κ3) is 2.56. The minimum absolute atomic E-state index is 0.00356. The van der Waals surface area contributed by atoms with Crippen LogP contribution in [0.3, 0.4) is 0 Å². The fourth-order valence-corrected chi connectivity index (χ4v) is 4.06. The van der Waals surface area contributed by atoms with E-state index in [0.717, 1.165) is 23.2 Å². The van der Waals surface area contributed by atoms with Crippen molar-refractivity contribution in [3.05, 3.63) is 76.9 Å². The third-order valence-electron chi connectivity index (χ3n) is 5.32. The summed E-state index contributed by atoms with van der Waals surface area (Å²) >= 11 is 0. The van der Waals surface area contributed by atoms with Crippen LogP contribution in [0.2, 0.25) is 0 Å². The van der Waals surface area contributed by atoms with Crippen molar-refractivity contribution in [2.24, 2.45) is 5.92 Å². The monoisotopic (exact) mass is 349 g/mol. The van der Waals surface area contributed by atoms with E-state index in [4.69, 9.17) is 9.84 Å². The lowest BCUT2D eigenvalue weighted by molar-refractivity contribution is 0.0600. The molecule has 3 atom stereocenters. The Bertz CT molecular complexity index is 901. The summed E-state index contributed by atoms with van der Waals surface area (Å²) in [6.45, 7) is 0. The van der Waals surface area contributed by atoms with Crippen LogP contribution in [0.5, 0.6) is 0 Å². The van der Waals surface area contributed by atoms with Gasteiger partial charge < -0.3 is 15.2 Å². The number of rotatable bonds is 3. The van der Waals surface area contributed by atoms with Crippen molar-refractivity contribution in [1.82, 2.24) is 0 Å². The van der Waals surface area contributed by atoms with Gasteiger partial charge in [-0.3, -0.25) is 0 Å². The fourth-order valence-electron chi connectivity index (χ4n) is 4.06. The quantitative estimate of drug-likeness (QED) is 0.647. The molecule has 1 aliphatic carbocycles. The minimum Gasteiger partial charge on any atom is -0.478 e. The lowest BCUT2D eigenvalue weighted by atomic mass is 9.76. The van der Waals surface area contributed by atoms with Crippen LogP contribution in [0.1, 0.15) is 50.2 Å². The number of fused-ring (bicyclic) bond motifs is 3. The van der Waals surface area contributed by atoms with Gasteiger partial charge in [0.05, 0.1) is 30.0 Å². The summed E-state index contributed by atoms with van der Waals surface area (Å²) in [5.41, 5.74) is 3.71. The van der Waals surface area contributed by atoms with E-state index >= 15 is 0 Å². The van der Waals surface area contributed by atoms with E-state index in [2.05, 4.69) is 17.5 Å². The van der Waals surface area contributed by atoms with E-state index in [9.17, 15) is 9.59 Å². The first-order valence-corrected chi connectivity index (χ1v) is 8.58. The van der Waals surface area contributed by atoms with Crippen LogP contribution in [0.15, 0.2) is 54.6 Å². The average molecular weight is 349 g/mol. The van der Waals surface area contributed by atoms with Gasteiger partial charge in [-0.2, -0.15) is 0 Å². The molecule has 2 aliphatic rings. The molecule has 26 heavy (non-hydrogen) atoms.